The van der Waals surface area contributed by atoms with Gasteiger partial charge >= 0.3 is 0 Å². The van der Waals surface area contributed by atoms with Gasteiger partial charge in [0.25, 0.3) is 0 Å². The second kappa shape index (κ2) is 8.49. The highest BCUT2D eigenvalue weighted by Gasteiger charge is 2.25. The molecule has 9 heteroatoms. The number of anilines is 1. The number of nitrogens with zero attached hydrogens (tertiary/aromatic N) is 6. The molecular formula is C23H24FN7O. The molecule has 1 unspecified atom stereocenters. The van der Waals surface area contributed by atoms with E-state index >= 15 is 0 Å². The Morgan fingerprint density at radius 1 is 1.16 bits per heavy atom. The number of rotatable bonds is 5. The van der Waals surface area contributed by atoms with Crippen LogP contribution in [-0.2, 0) is 24.2 Å². The molecule has 3 heterocycles. The largest absolute Gasteiger partial charge is 0.328 e. The van der Waals surface area contributed by atoms with Gasteiger partial charge in [-0.25, -0.2) is 14.1 Å². The molecule has 0 bridgehead atoms. The monoisotopic (exact) mass is 433 g/mol. The molecule has 32 heavy (non-hydrogen) atoms. The summed E-state index contributed by atoms with van der Waals surface area (Å²) in [6.07, 6.45) is 4.86. The molecule has 0 aliphatic carbocycles. The molecule has 5 rings (SSSR count). The van der Waals surface area contributed by atoms with E-state index in [9.17, 15) is 9.18 Å². The second-order valence-electron chi connectivity index (χ2n) is 8.20. The maximum atomic E-state index is 13.3. The fourth-order valence-electron chi connectivity index (χ4n) is 4.31. The van der Waals surface area contributed by atoms with Gasteiger partial charge in [-0.05, 0) is 66.1 Å². The number of hydrogen-bond donors (Lipinski definition) is 1. The lowest BCUT2D eigenvalue weighted by atomic mass is 10.0. The number of imidazole rings is 1. The van der Waals surface area contributed by atoms with Gasteiger partial charge in [0.15, 0.2) is 0 Å². The lowest BCUT2D eigenvalue weighted by molar-refractivity contribution is -0.119. The fourth-order valence-corrected chi connectivity index (χ4v) is 4.31. The van der Waals surface area contributed by atoms with E-state index in [1.807, 2.05) is 18.2 Å². The van der Waals surface area contributed by atoms with Crippen LogP contribution in [-0.4, -0.2) is 35.7 Å². The zero-order valence-electron chi connectivity index (χ0n) is 17.8. The first kappa shape index (κ1) is 20.3. The summed E-state index contributed by atoms with van der Waals surface area (Å²) in [5.74, 6) is 1.07. The molecule has 164 valence electrons. The van der Waals surface area contributed by atoms with Gasteiger partial charge in [0.2, 0.25) is 5.91 Å². The van der Waals surface area contributed by atoms with Crippen molar-refractivity contribution >= 4 is 22.6 Å². The number of amides is 1. The number of aryl methyl sites for hydroxylation is 3. The van der Waals surface area contributed by atoms with Gasteiger partial charge in [-0.15, -0.1) is 5.10 Å². The molecule has 4 aromatic rings. The molecule has 0 radical (unpaired) electrons. The Balaban J connectivity index is 1.42. The number of aromatic nitrogens is 6. The fraction of sp³-hybridized carbons (Fsp3) is 0.348. The van der Waals surface area contributed by atoms with Crippen LogP contribution in [0, 0.1) is 12.7 Å². The maximum Gasteiger partial charge on any atom is 0.249 e. The Kier molecular flexibility index (Phi) is 5.38. The van der Waals surface area contributed by atoms with E-state index in [2.05, 4.69) is 25.4 Å². The standard InChI is InChI=1S/C23H24FN7O/c1-15-27-28-29-31(15)21(13-16-6-8-17(24)9-7-16)23(32)25-18-10-11-20-19(14-18)26-22-5-3-2-4-12-30(20)22/h6-11,14,21H,2-5,12-13H2,1H3,(H,25,32). The first-order chi connectivity index (χ1) is 15.6. The van der Waals surface area contributed by atoms with E-state index in [0.717, 1.165) is 48.2 Å². The smallest absolute Gasteiger partial charge is 0.249 e. The van der Waals surface area contributed by atoms with Crippen molar-refractivity contribution < 1.29 is 9.18 Å². The SMILES string of the molecule is Cc1nnnn1C(Cc1ccc(F)cc1)C(=O)Nc1ccc2c(c1)nc1n2CCCCC1. The number of nitrogens with one attached hydrogen (secondary N) is 1. The Bertz CT molecular complexity index is 1260. The van der Waals surface area contributed by atoms with E-state index in [0.29, 0.717) is 17.9 Å². The molecule has 1 amide bonds. The first-order valence-electron chi connectivity index (χ1n) is 10.9. The average Bonchev–Trinajstić information content (AvgIpc) is 3.27. The van der Waals surface area contributed by atoms with Gasteiger partial charge in [-0.3, -0.25) is 4.79 Å². The van der Waals surface area contributed by atoms with Crippen LogP contribution in [0.1, 0.15) is 42.5 Å². The molecule has 1 aliphatic heterocycles. The third-order valence-corrected chi connectivity index (χ3v) is 5.97. The Hall–Kier alpha value is -3.62. The number of tetrazole rings is 1. The number of fused-ring (bicyclic) bond motifs is 3. The summed E-state index contributed by atoms with van der Waals surface area (Å²) >= 11 is 0. The predicted molar refractivity (Wildman–Crippen MR) is 118 cm³/mol. The third-order valence-electron chi connectivity index (χ3n) is 5.97. The molecule has 0 saturated carbocycles. The van der Waals surface area contributed by atoms with Crippen LogP contribution in [0.15, 0.2) is 42.5 Å². The van der Waals surface area contributed by atoms with Crippen LogP contribution in [0.4, 0.5) is 10.1 Å². The minimum atomic E-state index is -0.676. The molecular weight excluding hydrogens is 409 g/mol. The van der Waals surface area contributed by atoms with Crippen molar-refractivity contribution in [2.75, 3.05) is 5.32 Å². The van der Waals surface area contributed by atoms with Crippen molar-refractivity contribution in [3.05, 3.63) is 65.5 Å². The van der Waals surface area contributed by atoms with Crippen LogP contribution in [0.5, 0.6) is 0 Å². The first-order valence-corrected chi connectivity index (χ1v) is 10.9. The van der Waals surface area contributed by atoms with Crippen molar-refractivity contribution in [2.24, 2.45) is 0 Å². The van der Waals surface area contributed by atoms with Gasteiger partial charge in [0, 0.05) is 25.1 Å². The molecule has 0 fully saturated rings. The number of carbonyl (C=O) groups is 1. The molecule has 2 aromatic carbocycles. The van der Waals surface area contributed by atoms with E-state index in [4.69, 9.17) is 4.98 Å². The highest BCUT2D eigenvalue weighted by molar-refractivity contribution is 5.95. The lowest BCUT2D eigenvalue weighted by Gasteiger charge is -2.18. The zero-order chi connectivity index (χ0) is 22.1. The molecule has 8 nitrogen and oxygen atoms in total. The summed E-state index contributed by atoms with van der Waals surface area (Å²) in [6.45, 7) is 2.73. The molecule has 1 aliphatic rings. The van der Waals surface area contributed by atoms with E-state index in [1.165, 1.54) is 23.2 Å². The highest BCUT2D eigenvalue weighted by Crippen LogP contribution is 2.25. The summed E-state index contributed by atoms with van der Waals surface area (Å²) in [6, 6.07) is 11.3. The minimum absolute atomic E-state index is 0.246. The summed E-state index contributed by atoms with van der Waals surface area (Å²) in [5, 5.41) is 14.6. The molecule has 1 N–H and O–H groups in total. The third kappa shape index (κ3) is 3.98. The van der Waals surface area contributed by atoms with E-state index in [1.54, 1.807) is 19.1 Å². The number of benzene rings is 2. The normalized spacial score (nSPS) is 14.7. The van der Waals surface area contributed by atoms with Gasteiger partial charge in [0.1, 0.15) is 23.5 Å². The van der Waals surface area contributed by atoms with Crippen molar-refractivity contribution in [3.8, 4) is 0 Å². The summed E-state index contributed by atoms with van der Waals surface area (Å²) in [5.41, 5.74) is 3.47. The van der Waals surface area contributed by atoms with Crippen molar-refractivity contribution in [3.63, 3.8) is 0 Å². The summed E-state index contributed by atoms with van der Waals surface area (Å²) < 4.78 is 17.1. The maximum absolute atomic E-state index is 13.3. The summed E-state index contributed by atoms with van der Waals surface area (Å²) in [7, 11) is 0. The van der Waals surface area contributed by atoms with E-state index in [-0.39, 0.29) is 11.7 Å². The van der Waals surface area contributed by atoms with Gasteiger partial charge < -0.3 is 9.88 Å². The second-order valence-corrected chi connectivity index (χ2v) is 8.20. The van der Waals surface area contributed by atoms with Gasteiger partial charge in [-0.1, -0.05) is 18.6 Å². The number of hydrogen-bond acceptors (Lipinski definition) is 5. The zero-order valence-corrected chi connectivity index (χ0v) is 17.8. The van der Waals surface area contributed by atoms with Crippen LogP contribution < -0.4 is 5.32 Å². The van der Waals surface area contributed by atoms with Crippen LogP contribution >= 0.6 is 0 Å². The van der Waals surface area contributed by atoms with Crippen LogP contribution in [0.3, 0.4) is 0 Å². The van der Waals surface area contributed by atoms with E-state index < -0.39 is 6.04 Å². The molecule has 1 atom stereocenters. The van der Waals surface area contributed by atoms with Crippen molar-refractivity contribution in [2.45, 2.75) is 51.6 Å². The quantitative estimate of drug-likeness (QED) is 0.519. The molecule has 2 aromatic heterocycles. The molecule has 0 spiro atoms. The number of carbonyl (C=O) groups excluding carboxylic acids is 1. The van der Waals surface area contributed by atoms with Gasteiger partial charge in [0.05, 0.1) is 11.0 Å². The number of halogens is 1. The average molecular weight is 433 g/mol. The van der Waals surface area contributed by atoms with Crippen molar-refractivity contribution in [1.82, 2.24) is 29.8 Å². The molecule has 0 saturated heterocycles. The van der Waals surface area contributed by atoms with Gasteiger partial charge in [-0.2, -0.15) is 0 Å². The topological polar surface area (TPSA) is 90.5 Å². The van der Waals surface area contributed by atoms with Crippen molar-refractivity contribution in [1.29, 1.82) is 0 Å². The minimum Gasteiger partial charge on any atom is -0.328 e. The van der Waals surface area contributed by atoms with Crippen LogP contribution in [0.25, 0.3) is 11.0 Å². The Morgan fingerprint density at radius 2 is 2.00 bits per heavy atom. The van der Waals surface area contributed by atoms with Crippen LogP contribution in [0.2, 0.25) is 0 Å². The summed E-state index contributed by atoms with van der Waals surface area (Å²) in [4.78, 5) is 18.1. The highest BCUT2D eigenvalue weighted by atomic mass is 19.1. The Labute approximate surface area is 184 Å². The predicted octanol–water partition coefficient (Wildman–Crippen LogP) is 3.62. The lowest BCUT2D eigenvalue weighted by Crippen LogP contribution is -2.29. The Morgan fingerprint density at radius 3 is 2.78 bits per heavy atom.